The Morgan fingerprint density at radius 3 is 2.12 bits per heavy atom. The molecule has 0 aromatic heterocycles. The van der Waals surface area contributed by atoms with Gasteiger partial charge in [-0.15, -0.1) is 0 Å². The van der Waals surface area contributed by atoms with Gasteiger partial charge >= 0.3 is 12.4 Å². The van der Waals surface area contributed by atoms with Crippen LogP contribution in [0, 0.1) is 6.92 Å². The molecule has 1 N–H and O–H groups in total. The van der Waals surface area contributed by atoms with Crippen molar-refractivity contribution >= 4 is 15.7 Å². The minimum absolute atomic E-state index is 0.165. The molecule has 33 heavy (non-hydrogen) atoms. The molecule has 0 radical (unpaired) electrons. The molecule has 2 rings (SSSR count). The average Bonchev–Trinajstić information content (AvgIpc) is 2.70. The number of rotatable bonds is 10. The second-order valence-electron chi connectivity index (χ2n) is 7.27. The zero-order valence-electron chi connectivity index (χ0n) is 17.8. The third kappa shape index (κ3) is 8.67. The van der Waals surface area contributed by atoms with Crippen molar-refractivity contribution in [1.82, 2.24) is 0 Å². The Kier molecular flexibility index (Phi) is 8.50. The van der Waals surface area contributed by atoms with Crippen LogP contribution in [0.3, 0.4) is 0 Å². The summed E-state index contributed by atoms with van der Waals surface area (Å²) in [5, 5.41) is 0. The van der Waals surface area contributed by atoms with Gasteiger partial charge in [-0.1, -0.05) is 25.5 Å². The highest BCUT2D eigenvalue weighted by Crippen LogP contribution is 2.33. The van der Waals surface area contributed by atoms with Gasteiger partial charge in [-0.2, -0.15) is 26.3 Å². The van der Waals surface area contributed by atoms with Crippen molar-refractivity contribution in [3.63, 3.8) is 0 Å². The highest BCUT2D eigenvalue weighted by molar-refractivity contribution is 7.92. The average molecular weight is 499 g/mol. The molecule has 0 amide bonds. The second-order valence-corrected chi connectivity index (χ2v) is 8.93. The van der Waals surface area contributed by atoms with Crippen molar-refractivity contribution in [3.05, 3.63) is 47.5 Å². The summed E-state index contributed by atoms with van der Waals surface area (Å²) in [6, 6.07) is 7.39. The number of hydrogen-bond acceptors (Lipinski definition) is 4. The summed E-state index contributed by atoms with van der Waals surface area (Å²) in [6.45, 7) is 0.183. The van der Waals surface area contributed by atoms with E-state index in [9.17, 15) is 34.8 Å². The molecule has 0 saturated carbocycles. The van der Waals surface area contributed by atoms with Gasteiger partial charge in [0.05, 0.1) is 5.69 Å². The van der Waals surface area contributed by atoms with E-state index in [2.05, 4.69) is 14.2 Å². The van der Waals surface area contributed by atoms with Crippen LogP contribution in [-0.4, -0.2) is 34.0 Å². The number of nitrogens with one attached hydrogen (secondary N) is 1. The first-order valence-electron chi connectivity index (χ1n) is 9.85. The predicted molar refractivity (Wildman–Crippen MR) is 110 cm³/mol. The predicted octanol–water partition coefficient (Wildman–Crippen LogP) is 6.02. The summed E-state index contributed by atoms with van der Waals surface area (Å²) in [4.78, 5) is -0.791. The molecule has 2 aromatic carbocycles. The molecule has 5 nitrogen and oxygen atoms in total. The van der Waals surface area contributed by atoms with E-state index in [-0.39, 0.29) is 5.69 Å². The van der Waals surface area contributed by atoms with Crippen molar-refractivity contribution < 1.29 is 44.2 Å². The van der Waals surface area contributed by atoms with Crippen LogP contribution in [-0.2, 0) is 16.4 Å². The maximum Gasteiger partial charge on any atom is 0.422 e. The monoisotopic (exact) mass is 499 g/mol. The van der Waals surface area contributed by atoms with E-state index in [1.807, 2.05) is 6.92 Å². The molecule has 2 aromatic rings. The Hall–Kier alpha value is -2.63. The SMILES string of the molecule is CCCCc1ccc(NS(=O)(=O)c2cc(OCC(F)(F)F)ccc2OCC(F)(F)F)c(C)c1. The highest BCUT2D eigenvalue weighted by atomic mass is 32.2. The van der Waals surface area contributed by atoms with Gasteiger partial charge in [0.25, 0.3) is 10.0 Å². The molecule has 0 spiro atoms. The van der Waals surface area contributed by atoms with Crippen LogP contribution in [0.2, 0.25) is 0 Å². The molecule has 0 aliphatic rings. The van der Waals surface area contributed by atoms with Crippen molar-refractivity contribution in [2.24, 2.45) is 0 Å². The molecule has 0 atom stereocenters. The summed E-state index contributed by atoms with van der Waals surface area (Å²) >= 11 is 0. The lowest BCUT2D eigenvalue weighted by Gasteiger charge is -2.17. The smallest absolute Gasteiger partial charge is 0.422 e. The van der Waals surface area contributed by atoms with Crippen LogP contribution in [0.15, 0.2) is 41.3 Å². The normalized spacial score (nSPS) is 12.5. The molecular weight excluding hydrogens is 476 g/mol. The standard InChI is InChI=1S/C21H23F6NO4S/c1-3-4-5-15-6-8-17(14(2)10-15)28-33(29,30)19-11-16(31-12-20(22,23)24)7-9-18(19)32-13-21(25,26)27/h6-11,28H,3-5,12-13H2,1-2H3. The first-order valence-corrected chi connectivity index (χ1v) is 11.3. The van der Waals surface area contributed by atoms with Crippen molar-refractivity contribution in [2.75, 3.05) is 17.9 Å². The van der Waals surface area contributed by atoms with E-state index in [1.165, 1.54) is 6.07 Å². The number of anilines is 1. The number of hydrogen-bond donors (Lipinski definition) is 1. The molecule has 0 bridgehead atoms. The summed E-state index contributed by atoms with van der Waals surface area (Å²) in [7, 11) is -4.54. The van der Waals surface area contributed by atoms with Crippen LogP contribution in [0.5, 0.6) is 11.5 Å². The van der Waals surface area contributed by atoms with Gasteiger partial charge in [0.2, 0.25) is 0 Å². The van der Waals surface area contributed by atoms with E-state index < -0.39 is 52.0 Å². The lowest BCUT2D eigenvalue weighted by molar-refractivity contribution is -0.154. The van der Waals surface area contributed by atoms with Gasteiger partial charge in [-0.3, -0.25) is 4.72 Å². The summed E-state index contributed by atoms with van der Waals surface area (Å²) in [5.41, 5.74) is 1.71. The fourth-order valence-electron chi connectivity index (χ4n) is 2.81. The largest absolute Gasteiger partial charge is 0.484 e. The van der Waals surface area contributed by atoms with Crippen molar-refractivity contribution in [2.45, 2.75) is 50.4 Å². The van der Waals surface area contributed by atoms with Gasteiger partial charge in [-0.05, 0) is 49.1 Å². The van der Waals surface area contributed by atoms with Crippen molar-refractivity contribution in [3.8, 4) is 11.5 Å². The van der Waals surface area contributed by atoms with Gasteiger partial charge in [0.15, 0.2) is 13.2 Å². The Labute approximate surface area is 187 Å². The quantitative estimate of drug-likeness (QED) is 0.406. The van der Waals surface area contributed by atoms with Gasteiger partial charge in [-0.25, -0.2) is 8.42 Å². The Bertz CT molecular complexity index is 1050. The van der Waals surface area contributed by atoms with E-state index in [0.29, 0.717) is 11.6 Å². The maximum atomic E-state index is 13.0. The molecule has 12 heteroatoms. The lowest BCUT2D eigenvalue weighted by atomic mass is 10.1. The summed E-state index contributed by atoms with van der Waals surface area (Å²) in [5.74, 6) is -1.19. The fourth-order valence-corrected chi connectivity index (χ4v) is 4.10. The highest BCUT2D eigenvalue weighted by Gasteiger charge is 2.31. The number of aryl methyl sites for hydroxylation is 2. The molecule has 0 aliphatic heterocycles. The van der Waals surface area contributed by atoms with Crippen LogP contribution in [0.1, 0.15) is 30.9 Å². The Morgan fingerprint density at radius 2 is 1.55 bits per heavy atom. The number of halogens is 6. The summed E-state index contributed by atoms with van der Waals surface area (Å²) in [6.07, 6.45) is -6.75. The first-order chi connectivity index (χ1) is 15.2. The third-order valence-corrected chi connectivity index (χ3v) is 5.74. The van der Waals surface area contributed by atoms with Crippen LogP contribution < -0.4 is 14.2 Å². The molecular formula is C21H23F6NO4S. The molecule has 0 unspecified atom stereocenters. The van der Waals surface area contributed by atoms with Gasteiger partial charge in [0, 0.05) is 6.07 Å². The van der Waals surface area contributed by atoms with Gasteiger partial charge in [0.1, 0.15) is 16.4 Å². The van der Waals surface area contributed by atoms with E-state index in [1.54, 1.807) is 19.1 Å². The first kappa shape index (κ1) is 26.6. The number of sulfonamides is 1. The van der Waals surface area contributed by atoms with Crippen LogP contribution in [0.4, 0.5) is 32.0 Å². The van der Waals surface area contributed by atoms with E-state index in [0.717, 1.165) is 37.0 Å². The minimum atomic E-state index is -4.76. The topological polar surface area (TPSA) is 64.6 Å². The molecule has 0 fully saturated rings. The zero-order valence-corrected chi connectivity index (χ0v) is 18.6. The maximum absolute atomic E-state index is 13.0. The third-order valence-electron chi connectivity index (χ3n) is 4.35. The van der Waals surface area contributed by atoms with Gasteiger partial charge < -0.3 is 9.47 Å². The Balaban J connectivity index is 2.37. The molecule has 184 valence electrons. The zero-order chi connectivity index (χ0) is 24.9. The van der Waals surface area contributed by atoms with E-state index in [4.69, 9.17) is 0 Å². The number of ether oxygens (including phenoxy) is 2. The van der Waals surface area contributed by atoms with Crippen LogP contribution in [0.25, 0.3) is 0 Å². The molecule has 0 aliphatic carbocycles. The molecule has 0 saturated heterocycles. The number of benzene rings is 2. The lowest BCUT2D eigenvalue weighted by Crippen LogP contribution is -2.22. The summed E-state index contributed by atoms with van der Waals surface area (Å²) < 4.78 is 112. The molecule has 0 heterocycles. The Morgan fingerprint density at radius 1 is 0.909 bits per heavy atom. The second kappa shape index (κ2) is 10.5. The van der Waals surface area contributed by atoms with Crippen LogP contribution >= 0.6 is 0 Å². The number of unbranched alkanes of at least 4 members (excludes halogenated alkanes) is 1. The van der Waals surface area contributed by atoms with Crippen molar-refractivity contribution in [1.29, 1.82) is 0 Å². The fraction of sp³-hybridized carbons (Fsp3) is 0.429. The number of alkyl halides is 6. The minimum Gasteiger partial charge on any atom is -0.484 e. The van der Waals surface area contributed by atoms with E-state index >= 15 is 0 Å².